The Morgan fingerprint density at radius 2 is 0.977 bits per heavy atom. The smallest absolute Gasteiger partial charge is 0.269 e. The van der Waals surface area contributed by atoms with E-state index in [0.717, 1.165) is 47.1 Å². The molecule has 0 fully saturated rings. The van der Waals surface area contributed by atoms with Crippen molar-refractivity contribution < 1.29 is 51.9 Å². The first kappa shape index (κ1) is 37.7. The molecule has 246 valence electrons. The first-order valence-electron chi connectivity index (χ1n) is 13.2. The zero-order chi connectivity index (χ0) is 32.1. The zero-order valence-electron chi connectivity index (χ0n) is 23.0. The summed E-state index contributed by atoms with van der Waals surface area (Å²) in [5.41, 5.74) is 6.12. The molecule has 2 aliphatic carbocycles. The summed E-state index contributed by atoms with van der Waals surface area (Å²) >= 11 is 0. The van der Waals surface area contributed by atoms with E-state index in [2.05, 4.69) is 0 Å². The van der Waals surface area contributed by atoms with E-state index in [9.17, 15) is 33.7 Å². The van der Waals surface area contributed by atoms with Crippen LogP contribution < -0.4 is 0 Å². The van der Waals surface area contributed by atoms with Crippen LogP contribution in [-0.2, 0) is 53.3 Å². The Balaban J connectivity index is 0.000000300. The van der Waals surface area contributed by atoms with Crippen LogP contribution in [0.15, 0.2) is 59.7 Å². The van der Waals surface area contributed by atoms with E-state index in [0.29, 0.717) is 12.8 Å². The fourth-order valence-corrected chi connectivity index (χ4v) is 9.49. The SMILES string of the molecule is C.O=S(=O)(O)CC(CC1=Cc2ccccc2CC1)S(=O)(=O)O.O=S(=O)(O)CC(CCC1=Cc2ccccc2CC1)S(=O)(=O)O. The number of hydrogen-bond acceptors (Lipinski definition) is 8. The number of allylic oxidation sites excluding steroid dienone is 2. The molecule has 0 saturated carbocycles. The minimum Gasteiger partial charge on any atom is -0.286 e. The van der Waals surface area contributed by atoms with Crippen molar-refractivity contribution in [1.82, 2.24) is 0 Å². The summed E-state index contributed by atoms with van der Waals surface area (Å²) in [7, 11) is -18.0. The van der Waals surface area contributed by atoms with Gasteiger partial charge in [0, 0.05) is 0 Å². The van der Waals surface area contributed by atoms with Crippen LogP contribution in [0.2, 0.25) is 0 Å². The highest BCUT2D eigenvalue weighted by molar-refractivity contribution is 7.90. The zero-order valence-corrected chi connectivity index (χ0v) is 26.2. The molecule has 0 spiro atoms. The van der Waals surface area contributed by atoms with E-state index in [1.54, 1.807) is 6.08 Å². The fourth-order valence-electron chi connectivity index (χ4n) is 5.02. The summed E-state index contributed by atoms with van der Waals surface area (Å²) in [4.78, 5) is 0. The molecule has 2 atom stereocenters. The maximum Gasteiger partial charge on any atom is 0.269 e. The second-order valence-corrected chi connectivity index (χ2v) is 16.9. The molecule has 4 N–H and O–H groups in total. The van der Waals surface area contributed by atoms with E-state index in [-0.39, 0.29) is 20.3 Å². The van der Waals surface area contributed by atoms with Crippen LogP contribution >= 0.6 is 0 Å². The minimum atomic E-state index is -4.55. The van der Waals surface area contributed by atoms with Crippen LogP contribution in [0.4, 0.5) is 0 Å². The van der Waals surface area contributed by atoms with Crippen LogP contribution in [-0.4, -0.2) is 73.9 Å². The standard InChI is InChI=1S/C14H18O6S2.C13H16O6S2.CH4/c15-21(16,17)10-14(22(18,19)20)8-6-11-5-7-12-3-1-2-4-13(12)9-11;14-20(15,16)9-13(21(17,18)19)8-10-5-6-11-3-1-2-4-12(11)7-10;/h1-4,9,14H,5-8,10H2,(H,15,16,17)(H,18,19,20);1-4,7,13H,5-6,8-9H2,(H,14,15,16)(H,17,18,19);1H4. The highest BCUT2D eigenvalue weighted by Crippen LogP contribution is 2.29. The molecule has 2 aromatic rings. The lowest BCUT2D eigenvalue weighted by molar-refractivity contribution is 0.452. The van der Waals surface area contributed by atoms with Crippen molar-refractivity contribution in [1.29, 1.82) is 0 Å². The highest BCUT2D eigenvalue weighted by Gasteiger charge is 2.30. The van der Waals surface area contributed by atoms with Crippen LogP contribution in [0.1, 0.15) is 61.8 Å². The van der Waals surface area contributed by atoms with Crippen molar-refractivity contribution >= 4 is 52.6 Å². The van der Waals surface area contributed by atoms with Crippen molar-refractivity contribution in [2.45, 2.75) is 62.9 Å². The summed E-state index contributed by atoms with van der Waals surface area (Å²) < 4.78 is 124. The van der Waals surface area contributed by atoms with Crippen LogP contribution in [0, 0.1) is 0 Å². The average molecular weight is 695 g/mol. The third-order valence-corrected chi connectivity index (χ3v) is 11.7. The Morgan fingerprint density at radius 3 is 1.43 bits per heavy atom. The molecule has 0 saturated heterocycles. The number of aryl methyl sites for hydroxylation is 2. The molecule has 16 heteroatoms. The number of benzene rings is 2. The van der Waals surface area contributed by atoms with Gasteiger partial charge in [-0.3, -0.25) is 18.2 Å². The summed E-state index contributed by atoms with van der Waals surface area (Å²) in [6.45, 7) is 0. The number of hydrogen-bond donors (Lipinski definition) is 4. The second-order valence-electron chi connectivity index (χ2n) is 10.5. The van der Waals surface area contributed by atoms with Gasteiger partial charge < -0.3 is 0 Å². The van der Waals surface area contributed by atoms with Gasteiger partial charge in [0.25, 0.3) is 40.5 Å². The Bertz CT molecular complexity index is 1810. The molecule has 0 amide bonds. The summed E-state index contributed by atoms with van der Waals surface area (Å²) in [6, 6.07) is 15.5. The van der Waals surface area contributed by atoms with Gasteiger partial charge in [-0.15, -0.1) is 0 Å². The second kappa shape index (κ2) is 15.2. The lowest BCUT2D eigenvalue weighted by Crippen LogP contribution is -2.29. The molecule has 0 aromatic heterocycles. The van der Waals surface area contributed by atoms with Crippen LogP contribution in [0.5, 0.6) is 0 Å². The molecule has 2 aliphatic rings. The summed E-state index contributed by atoms with van der Waals surface area (Å²) in [5.74, 6) is -2.00. The van der Waals surface area contributed by atoms with E-state index in [1.807, 2.05) is 54.6 Å². The van der Waals surface area contributed by atoms with Gasteiger partial charge in [0.1, 0.15) is 10.5 Å². The average Bonchev–Trinajstić information content (AvgIpc) is 2.88. The van der Waals surface area contributed by atoms with Gasteiger partial charge in [-0.2, -0.15) is 33.7 Å². The summed E-state index contributed by atoms with van der Waals surface area (Å²) in [5, 5.41) is -3.07. The molecular weight excluding hydrogens is 657 g/mol. The molecule has 4 rings (SSSR count). The van der Waals surface area contributed by atoms with Crippen LogP contribution in [0.3, 0.4) is 0 Å². The van der Waals surface area contributed by atoms with Crippen molar-refractivity contribution in [2.24, 2.45) is 0 Å². The molecule has 0 aliphatic heterocycles. The van der Waals surface area contributed by atoms with Crippen LogP contribution in [0.25, 0.3) is 12.2 Å². The van der Waals surface area contributed by atoms with Gasteiger partial charge in [0.15, 0.2) is 0 Å². The monoisotopic (exact) mass is 694 g/mol. The maximum atomic E-state index is 11.3. The van der Waals surface area contributed by atoms with Gasteiger partial charge in [0.05, 0.1) is 11.5 Å². The largest absolute Gasteiger partial charge is 0.286 e. The minimum absolute atomic E-state index is 0. The molecule has 0 radical (unpaired) electrons. The first-order valence-corrected chi connectivity index (χ1v) is 19.4. The third kappa shape index (κ3) is 12.5. The molecule has 12 nitrogen and oxygen atoms in total. The number of rotatable bonds is 11. The normalized spacial score (nSPS) is 16.5. The third-order valence-electron chi connectivity index (χ3n) is 7.17. The number of fused-ring (bicyclic) bond motifs is 2. The van der Waals surface area contributed by atoms with E-state index in [4.69, 9.17) is 18.2 Å². The lowest BCUT2D eigenvalue weighted by Gasteiger charge is -2.19. The van der Waals surface area contributed by atoms with Crippen molar-refractivity contribution in [3.05, 3.63) is 81.9 Å². The molecule has 2 unspecified atom stereocenters. The predicted molar refractivity (Wildman–Crippen MR) is 170 cm³/mol. The van der Waals surface area contributed by atoms with Gasteiger partial charge in [-0.1, -0.05) is 79.3 Å². The van der Waals surface area contributed by atoms with Crippen molar-refractivity contribution in [3.63, 3.8) is 0 Å². The highest BCUT2D eigenvalue weighted by atomic mass is 32.2. The Kier molecular flexibility index (Phi) is 13.1. The lowest BCUT2D eigenvalue weighted by atomic mass is 9.90. The van der Waals surface area contributed by atoms with E-state index in [1.165, 1.54) is 5.56 Å². The van der Waals surface area contributed by atoms with Gasteiger partial charge in [-0.05, 0) is 67.2 Å². The van der Waals surface area contributed by atoms with Gasteiger partial charge >= 0.3 is 0 Å². The maximum absolute atomic E-state index is 11.3. The Morgan fingerprint density at radius 1 is 0.568 bits per heavy atom. The summed E-state index contributed by atoms with van der Waals surface area (Å²) in [6.07, 6.45) is 6.89. The fraction of sp³-hybridized carbons (Fsp3) is 0.429. The van der Waals surface area contributed by atoms with Crippen molar-refractivity contribution in [3.8, 4) is 0 Å². The first-order chi connectivity index (χ1) is 19.8. The topological polar surface area (TPSA) is 217 Å². The van der Waals surface area contributed by atoms with E-state index >= 15 is 0 Å². The molecule has 0 heterocycles. The van der Waals surface area contributed by atoms with E-state index < -0.39 is 62.5 Å². The van der Waals surface area contributed by atoms with Crippen molar-refractivity contribution in [2.75, 3.05) is 11.5 Å². The Hall–Kier alpha value is -2.44. The molecule has 44 heavy (non-hydrogen) atoms. The quantitative estimate of drug-likeness (QED) is 0.244. The Labute approximate surface area is 259 Å². The predicted octanol–water partition coefficient (Wildman–Crippen LogP) is 4.13. The van der Waals surface area contributed by atoms with Gasteiger partial charge in [-0.25, -0.2) is 0 Å². The van der Waals surface area contributed by atoms with Gasteiger partial charge in [0.2, 0.25) is 0 Å². The molecule has 2 aromatic carbocycles. The molecule has 0 bridgehead atoms. The molecular formula is C28H38O12S4.